The molecule has 1 rings (SSSR count). The molecule has 1 N–H and O–H groups in total. The fourth-order valence-corrected chi connectivity index (χ4v) is 1.10. The van der Waals surface area contributed by atoms with Gasteiger partial charge in [-0.3, -0.25) is 0 Å². The smallest absolute Gasteiger partial charge is 0.0922 e. The number of rotatable bonds is 1. The zero-order valence-electron chi connectivity index (χ0n) is 4.58. The van der Waals surface area contributed by atoms with Crippen LogP contribution in [-0.2, 0) is 4.74 Å². The van der Waals surface area contributed by atoms with Crippen LogP contribution in [0.25, 0.3) is 0 Å². The largest absolute Gasteiger partial charge is 0.394 e. The molecule has 1 aliphatic rings. The van der Waals surface area contributed by atoms with Crippen molar-refractivity contribution in [3.63, 3.8) is 0 Å². The molecule has 0 aromatic carbocycles. The van der Waals surface area contributed by atoms with Crippen LogP contribution in [0.15, 0.2) is 0 Å². The zero-order chi connectivity index (χ0) is 5.98. The third-order valence-electron chi connectivity index (χ3n) is 1.35. The van der Waals surface area contributed by atoms with E-state index in [1.807, 2.05) is 0 Å². The summed E-state index contributed by atoms with van der Waals surface area (Å²) in [5.41, 5.74) is 0. The van der Waals surface area contributed by atoms with E-state index < -0.39 is 0 Å². The summed E-state index contributed by atoms with van der Waals surface area (Å²) >= 11 is 4.18. The Morgan fingerprint density at radius 1 is 1.75 bits per heavy atom. The summed E-state index contributed by atoms with van der Waals surface area (Å²) in [5.74, 6) is 0. The van der Waals surface area contributed by atoms with E-state index >= 15 is 0 Å². The number of hydrogen-bond acceptors (Lipinski definition) is 3. The van der Waals surface area contributed by atoms with E-state index in [4.69, 9.17) is 9.84 Å². The Kier molecular flexibility index (Phi) is 2.16. The molecule has 0 spiro atoms. The van der Waals surface area contributed by atoms with Crippen molar-refractivity contribution in [2.24, 2.45) is 0 Å². The first-order valence-corrected chi connectivity index (χ1v) is 3.27. The number of ether oxygens (including phenoxy) is 1. The maximum atomic E-state index is 8.56. The van der Waals surface area contributed by atoms with Crippen LogP contribution >= 0.6 is 12.6 Å². The average molecular weight is 134 g/mol. The predicted octanol–water partition coefficient (Wildman–Crippen LogP) is 0.0660. The van der Waals surface area contributed by atoms with Gasteiger partial charge in [0.2, 0.25) is 0 Å². The summed E-state index contributed by atoms with van der Waals surface area (Å²) in [7, 11) is 0. The van der Waals surface area contributed by atoms with Gasteiger partial charge in [0, 0.05) is 11.9 Å². The van der Waals surface area contributed by atoms with E-state index in [-0.39, 0.29) is 18.0 Å². The highest BCUT2D eigenvalue weighted by Gasteiger charge is 2.23. The minimum atomic E-state index is -0.0154. The Labute approximate surface area is 54.3 Å². The number of aliphatic hydroxyl groups is 1. The van der Waals surface area contributed by atoms with Gasteiger partial charge in [0.1, 0.15) is 0 Å². The van der Waals surface area contributed by atoms with Gasteiger partial charge in [-0.15, -0.1) is 0 Å². The first-order valence-electron chi connectivity index (χ1n) is 2.75. The van der Waals surface area contributed by atoms with Gasteiger partial charge in [-0.2, -0.15) is 12.6 Å². The molecule has 2 atom stereocenters. The van der Waals surface area contributed by atoms with E-state index in [0.29, 0.717) is 0 Å². The number of hydrogen-bond donors (Lipinski definition) is 2. The topological polar surface area (TPSA) is 29.5 Å². The predicted molar refractivity (Wildman–Crippen MR) is 34.2 cm³/mol. The SMILES string of the molecule is OC[C@H]1OCCC1S. The lowest BCUT2D eigenvalue weighted by Crippen LogP contribution is -2.19. The minimum absolute atomic E-state index is 0.0154. The summed E-state index contributed by atoms with van der Waals surface area (Å²) in [6, 6.07) is 0. The van der Waals surface area contributed by atoms with Crippen LogP contribution in [0.2, 0.25) is 0 Å². The summed E-state index contributed by atoms with van der Waals surface area (Å²) in [6.07, 6.45) is 0.951. The molecule has 1 aliphatic heterocycles. The molecular formula is C5H10O2S. The van der Waals surface area contributed by atoms with Gasteiger partial charge in [-0.25, -0.2) is 0 Å². The van der Waals surface area contributed by atoms with Crippen molar-refractivity contribution < 1.29 is 9.84 Å². The molecule has 1 unspecified atom stereocenters. The lowest BCUT2D eigenvalue weighted by Gasteiger charge is -2.08. The van der Waals surface area contributed by atoms with E-state index in [2.05, 4.69) is 12.6 Å². The van der Waals surface area contributed by atoms with Crippen molar-refractivity contribution in [3.05, 3.63) is 0 Å². The van der Waals surface area contributed by atoms with Gasteiger partial charge in [-0.05, 0) is 6.42 Å². The summed E-state index contributed by atoms with van der Waals surface area (Å²) in [6.45, 7) is 0.855. The quantitative estimate of drug-likeness (QED) is 0.497. The standard InChI is InChI=1S/C5H10O2S/c6-3-4-5(8)1-2-7-4/h4-6,8H,1-3H2/t4-,5?/m1/s1. The Morgan fingerprint density at radius 3 is 2.75 bits per heavy atom. The van der Waals surface area contributed by atoms with Crippen molar-refractivity contribution in [1.82, 2.24) is 0 Å². The third-order valence-corrected chi connectivity index (χ3v) is 1.95. The number of aliphatic hydroxyl groups excluding tert-OH is 1. The van der Waals surface area contributed by atoms with E-state index in [9.17, 15) is 0 Å². The zero-order valence-corrected chi connectivity index (χ0v) is 5.47. The molecule has 0 amide bonds. The van der Waals surface area contributed by atoms with Crippen molar-refractivity contribution in [1.29, 1.82) is 0 Å². The summed E-state index contributed by atoms with van der Waals surface area (Å²) in [5, 5.41) is 8.81. The van der Waals surface area contributed by atoms with Crippen LogP contribution in [0, 0.1) is 0 Å². The fraction of sp³-hybridized carbons (Fsp3) is 1.00. The molecule has 0 bridgehead atoms. The van der Waals surface area contributed by atoms with Crippen molar-refractivity contribution in [2.45, 2.75) is 17.8 Å². The highest BCUT2D eigenvalue weighted by molar-refractivity contribution is 7.81. The van der Waals surface area contributed by atoms with Gasteiger partial charge in [-0.1, -0.05) is 0 Å². The summed E-state index contributed by atoms with van der Waals surface area (Å²) < 4.78 is 5.09. The lowest BCUT2D eigenvalue weighted by atomic mass is 10.2. The Bertz CT molecular complexity index is 76.8. The minimum Gasteiger partial charge on any atom is -0.394 e. The average Bonchev–Trinajstić information content (AvgIpc) is 2.14. The molecule has 48 valence electrons. The maximum Gasteiger partial charge on any atom is 0.0922 e. The monoisotopic (exact) mass is 134 g/mol. The Balaban J connectivity index is 2.30. The Hall–Kier alpha value is 0.270. The molecule has 1 fully saturated rings. The summed E-state index contributed by atoms with van der Waals surface area (Å²) in [4.78, 5) is 0. The van der Waals surface area contributed by atoms with Crippen LogP contribution in [0.5, 0.6) is 0 Å². The number of thiol groups is 1. The van der Waals surface area contributed by atoms with Gasteiger partial charge >= 0.3 is 0 Å². The van der Waals surface area contributed by atoms with Crippen LogP contribution in [-0.4, -0.2) is 29.7 Å². The molecule has 1 saturated heterocycles. The van der Waals surface area contributed by atoms with Gasteiger partial charge < -0.3 is 9.84 Å². The molecular weight excluding hydrogens is 124 g/mol. The van der Waals surface area contributed by atoms with Crippen LogP contribution in [0.3, 0.4) is 0 Å². The molecule has 0 radical (unpaired) electrons. The van der Waals surface area contributed by atoms with Crippen LogP contribution < -0.4 is 0 Å². The Morgan fingerprint density at radius 2 is 2.50 bits per heavy atom. The molecule has 3 heteroatoms. The van der Waals surface area contributed by atoms with E-state index in [1.165, 1.54) is 0 Å². The molecule has 2 nitrogen and oxygen atoms in total. The molecule has 1 heterocycles. The van der Waals surface area contributed by atoms with Crippen LogP contribution in [0.4, 0.5) is 0 Å². The highest BCUT2D eigenvalue weighted by atomic mass is 32.1. The second kappa shape index (κ2) is 2.71. The highest BCUT2D eigenvalue weighted by Crippen LogP contribution is 2.17. The van der Waals surface area contributed by atoms with Crippen LogP contribution in [0.1, 0.15) is 6.42 Å². The molecule has 0 aromatic rings. The molecule has 0 saturated carbocycles. The van der Waals surface area contributed by atoms with Gasteiger partial charge in [0.15, 0.2) is 0 Å². The van der Waals surface area contributed by atoms with E-state index in [0.717, 1.165) is 13.0 Å². The van der Waals surface area contributed by atoms with Crippen molar-refractivity contribution >= 4 is 12.6 Å². The lowest BCUT2D eigenvalue weighted by molar-refractivity contribution is 0.0613. The van der Waals surface area contributed by atoms with Gasteiger partial charge in [0.25, 0.3) is 0 Å². The second-order valence-electron chi connectivity index (χ2n) is 1.95. The van der Waals surface area contributed by atoms with Gasteiger partial charge in [0.05, 0.1) is 12.7 Å². The fourth-order valence-electron chi connectivity index (χ4n) is 0.812. The third kappa shape index (κ3) is 1.16. The molecule has 0 aromatic heterocycles. The maximum absolute atomic E-state index is 8.56. The van der Waals surface area contributed by atoms with Crippen molar-refractivity contribution in [2.75, 3.05) is 13.2 Å². The van der Waals surface area contributed by atoms with E-state index in [1.54, 1.807) is 0 Å². The first kappa shape index (κ1) is 6.39. The molecule has 8 heavy (non-hydrogen) atoms. The first-order chi connectivity index (χ1) is 3.84. The molecule has 0 aliphatic carbocycles. The normalized spacial score (nSPS) is 38.2. The second-order valence-corrected chi connectivity index (χ2v) is 2.61. The van der Waals surface area contributed by atoms with Crippen molar-refractivity contribution in [3.8, 4) is 0 Å².